The first-order valence-corrected chi connectivity index (χ1v) is 10.0. The summed E-state index contributed by atoms with van der Waals surface area (Å²) in [4.78, 5) is 21.2. The molecule has 7 heteroatoms. The third kappa shape index (κ3) is 3.84. The maximum absolute atomic E-state index is 12.7. The topological polar surface area (TPSA) is 82.2 Å². The van der Waals surface area contributed by atoms with Crippen molar-refractivity contribution in [1.82, 2.24) is 19.9 Å². The Morgan fingerprint density at radius 1 is 1.13 bits per heavy atom. The first-order chi connectivity index (χ1) is 14.8. The Bertz CT molecular complexity index is 1150. The van der Waals surface area contributed by atoms with Gasteiger partial charge < -0.3 is 19.0 Å². The van der Waals surface area contributed by atoms with Crippen LogP contribution in [0, 0.1) is 5.92 Å². The monoisotopic (exact) mass is 402 g/mol. The lowest BCUT2D eigenvalue weighted by atomic mass is 9.93. The van der Waals surface area contributed by atoms with Crippen molar-refractivity contribution in [2.45, 2.75) is 19.0 Å². The van der Waals surface area contributed by atoms with E-state index in [2.05, 4.69) is 27.4 Å². The molecular weight excluding hydrogens is 380 g/mol. The molecule has 0 radical (unpaired) electrons. The Hall–Kier alpha value is -3.45. The summed E-state index contributed by atoms with van der Waals surface area (Å²) in [6.07, 6.45) is 7.93. The quantitative estimate of drug-likeness (QED) is 0.536. The highest BCUT2D eigenvalue weighted by Crippen LogP contribution is 2.24. The van der Waals surface area contributed by atoms with Gasteiger partial charge >= 0.3 is 0 Å². The predicted molar refractivity (Wildman–Crippen MR) is 111 cm³/mol. The lowest BCUT2D eigenvalue weighted by molar-refractivity contribution is 0.0895. The number of benzene rings is 1. The minimum Gasteiger partial charge on any atom is -0.454 e. The van der Waals surface area contributed by atoms with E-state index in [1.54, 1.807) is 18.6 Å². The van der Waals surface area contributed by atoms with Crippen LogP contribution in [0.15, 0.2) is 71.8 Å². The summed E-state index contributed by atoms with van der Waals surface area (Å²) >= 11 is 0. The van der Waals surface area contributed by atoms with Crippen molar-refractivity contribution in [2.75, 3.05) is 13.2 Å². The molecule has 7 nitrogen and oxygen atoms in total. The molecule has 4 aromatic rings. The minimum atomic E-state index is -0.216. The second kappa shape index (κ2) is 8.12. The van der Waals surface area contributed by atoms with E-state index in [0.717, 1.165) is 17.3 Å². The third-order valence-electron chi connectivity index (χ3n) is 5.52. The van der Waals surface area contributed by atoms with Crippen LogP contribution in [-0.4, -0.2) is 39.7 Å². The molecule has 152 valence electrons. The number of carbonyl (C=O) groups excluding carboxylic acids is 1. The molecule has 4 heterocycles. The standard InChI is InChI=1S/C23H22N4O3/c28-23(22-6-5-18(30-22)12-27-10-9-24-15-27)26-21-14-29-13-17(21)11-16-7-8-25-20-4-2-1-3-19(16)20/h1-10,15,17,21H,11-14H2,(H,26,28)/t17-,21+/m1/s1. The molecule has 1 aliphatic rings. The number of aromatic nitrogens is 3. The Balaban J connectivity index is 1.26. The molecule has 1 aromatic carbocycles. The van der Waals surface area contributed by atoms with Gasteiger partial charge in [0.05, 0.1) is 37.6 Å². The molecule has 0 saturated carbocycles. The van der Waals surface area contributed by atoms with Gasteiger partial charge in [0.25, 0.3) is 5.91 Å². The Morgan fingerprint density at radius 2 is 2.07 bits per heavy atom. The Labute approximate surface area is 173 Å². The van der Waals surface area contributed by atoms with Crippen LogP contribution in [-0.2, 0) is 17.7 Å². The fraction of sp³-hybridized carbons (Fsp3) is 0.261. The fourth-order valence-electron chi connectivity index (χ4n) is 3.96. The second-order valence-electron chi connectivity index (χ2n) is 7.57. The molecule has 30 heavy (non-hydrogen) atoms. The van der Waals surface area contributed by atoms with Crippen LogP contribution in [0.2, 0.25) is 0 Å². The number of ether oxygens (including phenoxy) is 1. The van der Waals surface area contributed by atoms with E-state index in [0.29, 0.717) is 31.3 Å². The molecule has 1 saturated heterocycles. The highest BCUT2D eigenvalue weighted by atomic mass is 16.5. The number of amides is 1. The summed E-state index contributed by atoms with van der Waals surface area (Å²) in [7, 11) is 0. The highest BCUT2D eigenvalue weighted by molar-refractivity contribution is 5.91. The summed E-state index contributed by atoms with van der Waals surface area (Å²) in [5.74, 6) is 0.998. The van der Waals surface area contributed by atoms with Crippen molar-refractivity contribution in [3.63, 3.8) is 0 Å². The van der Waals surface area contributed by atoms with Gasteiger partial charge in [-0.2, -0.15) is 0 Å². The number of rotatable bonds is 6. The van der Waals surface area contributed by atoms with Crippen LogP contribution < -0.4 is 5.32 Å². The van der Waals surface area contributed by atoms with E-state index in [9.17, 15) is 4.79 Å². The van der Waals surface area contributed by atoms with E-state index in [1.807, 2.05) is 41.2 Å². The maximum atomic E-state index is 12.7. The van der Waals surface area contributed by atoms with Gasteiger partial charge in [0, 0.05) is 29.9 Å². The van der Waals surface area contributed by atoms with Gasteiger partial charge in [-0.1, -0.05) is 18.2 Å². The Kier molecular flexibility index (Phi) is 5.03. The number of hydrogen-bond acceptors (Lipinski definition) is 5. The number of nitrogens with one attached hydrogen (secondary N) is 1. The van der Waals surface area contributed by atoms with E-state index in [1.165, 1.54) is 5.56 Å². The van der Waals surface area contributed by atoms with Crippen LogP contribution in [0.25, 0.3) is 10.9 Å². The molecule has 1 N–H and O–H groups in total. The molecule has 1 fully saturated rings. The van der Waals surface area contributed by atoms with Crippen molar-refractivity contribution < 1.29 is 13.9 Å². The van der Waals surface area contributed by atoms with Gasteiger partial charge in [-0.15, -0.1) is 0 Å². The van der Waals surface area contributed by atoms with Crippen LogP contribution in [0.4, 0.5) is 0 Å². The fourth-order valence-corrected chi connectivity index (χ4v) is 3.96. The Morgan fingerprint density at radius 3 is 2.97 bits per heavy atom. The highest BCUT2D eigenvalue weighted by Gasteiger charge is 2.31. The number of furan rings is 1. The van der Waals surface area contributed by atoms with Gasteiger partial charge in [0.2, 0.25) is 0 Å². The van der Waals surface area contributed by atoms with Gasteiger partial charge in [-0.05, 0) is 36.2 Å². The van der Waals surface area contributed by atoms with Crippen LogP contribution >= 0.6 is 0 Å². The van der Waals surface area contributed by atoms with E-state index >= 15 is 0 Å². The molecule has 2 atom stereocenters. The second-order valence-corrected chi connectivity index (χ2v) is 7.57. The zero-order chi connectivity index (χ0) is 20.3. The number of fused-ring (bicyclic) bond motifs is 1. The van der Waals surface area contributed by atoms with Crippen molar-refractivity contribution >= 4 is 16.8 Å². The van der Waals surface area contributed by atoms with Crippen molar-refractivity contribution in [2.24, 2.45) is 5.92 Å². The van der Waals surface area contributed by atoms with Crippen LogP contribution in [0.3, 0.4) is 0 Å². The summed E-state index contributed by atoms with van der Waals surface area (Å²) in [6, 6.07) is 13.6. The summed E-state index contributed by atoms with van der Waals surface area (Å²) in [5.41, 5.74) is 2.20. The molecule has 0 unspecified atom stereocenters. The molecular formula is C23H22N4O3. The van der Waals surface area contributed by atoms with Crippen molar-refractivity contribution in [3.8, 4) is 0 Å². The summed E-state index contributed by atoms with van der Waals surface area (Å²) in [6.45, 7) is 1.66. The van der Waals surface area contributed by atoms with Crippen LogP contribution in [0.5, 0.6) is 0 Å². The largest absolute Gasteiger partial charge is 0.454 e. The third-order valence-corrected chi connectivity index (χ3v) is 5.52. The number of para-hydroxylation sites is 1. The number of imidazole rings is 1. The van der Waals surface area contributed by atoms with Gasteiger partial charge in [0.15, 0.2) is 5.76 Å². The van der Waals surface area contributed by atoms with Crippen molar-refractivity contribution in [1.29, 1.82) is 0 Å². The van der Waals surface area contributed by atoms with E-state index in [-0.39, 0.29) is 17.9 Å². The molecule has 0 spiro atoms. The van der Waals surface area contributed by atoms with E-state index < -0.39 is 0 Å². The molecule has 1 amide bonds. The van der Waals surface area contributed by atoms with Gasteiger partial charge in [-0.3, -0.25) is 9.78 Å². The first kappa shape index (κ1) is 18.6. The lowest BCUT2D eigenvalue weighted by Gasteiger charge is -2.19. The molecule has 1 aliphatic heterocycles. The van der Waals surface area contributed by atoms with Gasteiger partial charge in [0.1, 0.15) is 5.76 Å². The zero-order valence-electron chi connectivity index (χ0n) is 16.4. The minimum absolute atomic E-state index is 0.0633. The summed E-state index contributed by atoms with van der Waals surface area (Å²) < 4.78 is 13.3. The number of carbonyl (C=O) groups is 1. The maximum Gasteiger partial charge on any atom is 0.287 e. The smallest absolute Gasteiger partial charge is 0.287 e. The molecule has 5 rings (SSSR count). The summed E-state index contributed by atoms with van der Waals surface area (Å²) in [5, 5.41) is 4.24. The molecule has 0 bridgehead atoms. The van der Waals surface area contributed by atoms with Crippen molar-refractivity contribution in [3.05, 3.63) is 84.5 Å². The average Bonchev–Trinajstić information content (AvgIpc) is 3.52. The normalized spacial score (nSPS) is 18.7. The molecule has 3 aromatic heterocycles. The molecule has 0 aliphatic carbocycles. The first-order valence-electron chi connectivity index (χ1n) is 10.0. The predicted octanol–water partition coefficient (Wildman–Crippen LogP) is 3.06. The lowest BCUT2D eigenvalue weighted by Crippen LogP contribution is -2.40. The zero-order valence-corrected chi connectivity index (χ0v) is 16.4. The number of pyridine rings is 1. The number of hydrogen-bond donors (Lipinski definition) is 1. The van der Waals surface area contributed by atoms with Crippen LogP contribution in [0.1, 0.15) is 21.9 Å². The number of nitrogens with zero attached hydrogens (tertiary/aromatic N) is 3. The van der Waals surface area contributed by atoms with E-state index in [4.69, 9.17) is 9.15 Å². The SMILES string of the molecule is O=C(N[C@H]1COC[C@H]1Cc1ccnc2ccccc12)c1ccc(Cn2ccnc2)o1. The van der Waals surface area contributed by atoms with Gasteiger partial charge in [-0.25, -0.2) is 4.98 Å². The average molecular weight is 402 g/mol.